The summed E-state index contributed by atoms with van der Waals surface area (Å²) in [7, 11) is 0. The molecule has 68 heavy (non-hydrogen) atoms. The molecule has 0 unspecified atom stereocenters. The second-order valence-electron chi connectivity index (χ2n) is 23.9. The van der Waals surface area contributed by atoms with Gasteiger partial charge in [0.1, 0.15) is 34.5 Å². The van der Waals surface area contributed by atoms with Crippen molar-refractivity contribution in [2.75, 3.05) is 0 Å². The van der Waals surface area contributed by atoms with Crippen LogP contribution in [0, 0.1) is 41.5 Å². The second-order valence-corrected chi connectivity index (χ2v) is 23.9. The number of aryl methyl sites for hydroxylation is 6. The van der Waals surface area contributed by atoms with E-state index < -0.39 is 0 Å². The van der Waals surface area contributed by atoms with Gasteiger partial charge >= 0.3 is 0 Å². The zero-order chi connectivity index (χ0) is 51.2. The van der Waals surface area contributed by atoms with Gasteiger partial charge in [-0.1, -0.05) is 189 Å². The van der Waals surface area contributed by atoms with Crippen molar-refractivity contribution < 1.29 is 30.6 Å². The van der Waals surface area contributed by atoms with Crippen molar-refractivity contribution >= 4 is 0 Å². The molecule has 6 N–H and O–H groups in total. The fraction of sp³-hybridized carbons (Fsp3) is 0.419. The Morgan fingerprint density at radius 3 is 0.515 bits per heavy atom. The van der Waals surface area contributed by atoms with Gasteiger partial charge in [0.05, 0.1) is 0 Å². The van der Waals surface area contributed by atoms with Gasteiger partial charge in [-0.2, -0.15) is 0 Å². The molecule has 0 fully saturated rings. The summed E-state index contributed by atoms with van der Waals surface area (Å²) in [5, 5.41) is 66.6. The lowest BCUT2D eigenvalue weighted by Crippen LogP contribution is -2.13. The molecule has 6 aromatic rings. The monoisotopic (exact) mass is 921 g/mol. The van der Waals surface area contributed by atoms with Gasteiger partial charge in [0.15, 0.2) is 0 Å². The maximum absolute atomic E-state index is 11.3. The molecule has 6 rings (SSSR count). The topological polar surface area (TPSA) is 121 Å². The quantitative estimate of drug-likeness (QED) is 0.0904. The second kappa shape index (κ2) is 19.6. The Bertz CT molecular complexity index is 2450. The molecule has 0 bridgehead atoms. The lowest BCUT2D eigenvalue weighted by Gasteiger charge is -2.24. The van der Waals surface area contributed by atoms with Crippen molar-refractivity contribution in [3.05, 3.63) is 173 Å². The van der Waals surface area contributed by atoms with Crippen LogP contribution in [0.2, 0.25) is 0 Å². The van der Waals surface area contributed by atoms with Crippen LogP contribution in [-0.4, -0.2) is 30.6 Å². The normalized spacial score (nSPS) is 12.3. The van der Waals surface area contributed by atoms with E-state index in [2.05, 4.69) is 83.1 Å². The Hall–Kier alpha value is -5.88. The lowest BCUT2D eigenvalue weighted by atomic mass is 9.82. The van der Waals surface area contributed by atoms with Gasteiger partial charge in [0, 0.05) is 25.7 Å². The number of phenolic OH excluding ortho intramolecular Hbond substituents is 6. The van der Waals surface area contributed by atoms with Crippen LogP contribution >= 0.6 is 0 Å². The largest absolute Gasteiger partial charge is 0.507 e. The summed E-state index contributed by atoms with van der Waals surface area (Å²) in [6, 6.07) is 24.0. The third-order valence-corrected chi connectivity index (χ3v) is 12.9. The minimum absolute atomic E-state index is 0.182. The first-order valence-corrected chi connectivity index (χ1v) is 24.1. The lowest BCUT2D eigenvalue weighted by molar-refractivity contribution is 0.437. The van der Waals surface area contributed by atoms with Gasteiger partial charge in [0.2, 0.25) is 0 Å². The molecule has 6 heteroatoms. The van der Waals surface area contributed by atoms with E-state index in [1.54, 1.807) is 0 Å². The number of hydrogen-bond donors (Lipinski definition) is 6. The SMILES string of the molecule is Cc1cc(Cc2cc(C)cc(C(C)(C)C)c2O)c(O)c(Cc2cc(C)cc(C(C)(C)C)c2O)c1.Cc1cc(Cc2cc(C)cc(C(C)(C)C)c2O)c(O)c(Cc2cc(C)cc(C(C)(C)C)c2O)c1. The Morgan fingerprint density at radius 1 is 0.235 bits per heavy atom. The first-order valence-electron chi connectivity index (χ1n) is 24.1. The van der Waals surface area contributed by atoms with Crippen LogP contribution < -0.4 is 0 Å². The van der Waals surface area contributed by atoms with E-state index in [9.17, 15) is 30.6 Å². The van der Waals surface area contributed by atoms with Gasteiger partial charge in [-0.05, 0) is 130 Å². The standard InChI is InChI=1S/2C31H40O3/c2*1-18-10-21(16-23-12-19(2)14-25(28(23)33)30(4,5)6)27(32)22(11-18)17-24-13-20(3)15-26(29(24)34)31(7,8)9/h2*10-15,32-34H,16-17H2,1-9H3. The minimum Gasteiger partial charge on any atom is -0.507 e. The highest BCUT2D eigenvalue weighted by atomic mass is 16.3. The molecule has 0 spiro atoms. The molecule has 0 aliphatic heterocycles. The van der Waals surface area contributed by atoms with Crippen LogP contribution in [0.25, 0.3) is 0 Å². The number of benzene rings is 6. The summed E-state index contributed by atoms with van der Waals surface area (Å²) >= 11 is 0. The van der Waals surface area contributed by atoms with Gasteiger partial charge < -0.3 is 30.6 Å². The van der Waals surface area contributed by atoms with Gasteiger partial charge in [-0.15, -0.1) is 0 Å². The minimum atomic E-state index is -0.182. The van der Waals surface area contributed by atoms with Crippen molar-refractivity contribution in [3.8, 4) is 34.5 Å². The Morgan fingerprint density at radius 2 is 0.368 bits per heavy atom. The average Bonchev–Trinajstić information content (AvgIpc) is 3.18. The predicted molar refractivity (Wildman–Crippen MR) is 283 cm³/mol. The molecule has 0 aromatic heterocycles. The van der Waals surface area contributed by atoms with Crippen molar-refractivity contribution in [1.82, 2.24) is 0 Å². The van der Waals surface area contributed by atoms with E-state index in [1.807, 2.05) is 114 Å². The van der Waals surface area contributed by atoms with Crippen LogP contribution in [0.15, 0.2) is 72.8 Å². The van der Waals surface area contributed by atoms with E-state index in [0.29, 0.717) is 48.7 Å². The Kier molecular flexibility index (Phi) is 15.3. The molecule has 6 aromatic carbocycles. The first-order chi connectivity index (χ1) is 31.1. The highest BCUT2D eigenvalue weighted by Gasteiger charge is 2.26. The Labute approximate surface area is 408 Å². The molecule has 0 saturated heterocycles. The summed E-state index contributed by atoms with van der Waals surface area (Å²) < 4.78 is 0. The molecule has 0 atom stereocenters. The predicted octanol–water partition coefficient (Wildman–Crippen LogP) is 15.0. The molecule has 0 heterocycles. The number of rotatable bonds is 8. The number of hydrogen-bond acceptors (Lipinski definition) is 6. The molecule has 0 aliphatic rings. The van der Waals surface area contributed by atoms with E-state index in [4.69, 9.17) is 0 Å². The van der Waals surface area contributed by atoms with E-state index >= 15 is 0 Å². The third kappa shape index (κ3) is 12.4. The average molecular weight is 921 g/mol. The maximum atomic E-state index is 11.3. The smallest absolute Gasteiger partial charge is 0.122 e. The fourth-order valence-corrected chi connectivity index (χ4v) is 9.47. The van der Waals surface area contributed by atoms with Crippen molar-refractivity contribution in [2.45, 2.75) is 172 Å². The zero-order valence-electron chi connectivity index (χ0n) is 44.4. The maximum Gasteiger partial charge on any atom is 0.122 e. The molecular weight excluding hydrogens is 841 g/mol. The molecule has 6 nitrogen and oxygen atoms in total. The van der Waals surface area contributed by atoms with E-state index in [1.165, 1.54) is 0 Å². The highest BCUT2D eigenvalue weighted by Crippen LogP contribution is 2.42. The molecular formula is C62H80O6. The molecule has 364 valence electrons. The third-order valence-electron chi connectivity index (χ3n) is 12.9. The molecule has 0 saturated carbocycles. The van der Waals surface area contributed by atoms with Gasteiger partial charge in [-0.25, -0.2) is 0 Å². The summed E-state index contributed by atoms with van der Waals surface area (Å²) in [5.41, 5.74) is 15.7. The van der Waals surface area contributed by atoms with E-state index in [0.717, 1.165) is 100 Å². The molecule has 0 aliphatic carbocycles. The number of aromatic hydroxyl groups is 6. The molecule has 0 amide bonds. The van der Waals surface area contributed by atoms with Gasteiger partial charge in [0.25, 0.3) is 0 Å². The summed E-state index contributed by atoms with van der Waals surface area (Å²) in [6.45, 7) is 37.3. The molecule has 0 radical (unpaired) electrons. The highest BCUT2D eigenvalue weighted by molar-refractivity contribution is 5.57. The zero-order valence-corrected chi connectivity index (χ0v) is 44.4. The van der Waals surface area contributed by atoms with E-state index in [-0.39, 0.29) is 33.2 Å². The van der Waals surface area contributed by atoms with Crippen LogP contribution in [0.3, 0.4) is 0 Å². The van der Waals surface area contributed by atoms with Crippen molar-refractivity contribution in [1.29, 1.82) is 0 Å². The van der Waals surface area contributed by atoms with Crippen LogP contribution in [0.5, 0.6) is 34.5 Å². The Balaban J connectivity index is 0.000000254. The van der Waals surface area contributed by atoms with Crippen molar-refractivity contribution in [2.24, 2.45) is 0 Å². The van der Waals surface area contributed by atoms with Crippen LogP contribution in [0.4, 0.5) is 0 Å². The van der Waals surface area contributed by atoms with Crippen molar-refractivity contribution in [3.63, 3.8) is 0 Å². The fourth-order valence-electron chi connectivity index (χ4n) is 9.47. The van der Waals surface area contributed by atoms with Crippen LogP contribution in [0.1, 0.15) is 183 Å². The first kappa shape index (κ1) is 53.1. The van der Waals surface area contributed by atoms with Crippen LogP contribution in [-0.2, 0) is 47.3 Å². The summed E-state index contributed by atoms with van der Waals surface area (Å²) in [4.78, 5) is 0. The summed E-state index contributed by atoms with van der Waals surface area (Å²) in [6.07, 6.45) is 1.74. The van der Waals surface area contributed by atoms with Gasteiger partial charge in [-0.3, -0.25) is 0 Å². The summed E-state index contributed by atoms with van der Waals surface area (Å²) in [5.74, 6) is 1.64. The number of phenols is 6.